The molecule has 0 saturated carbocycles. The molecule has 0 radical (unpaired) electrons. The van der Waals surface area contributed by atoms with Crippen LogP contribution in [0, 0.1) is 0 Å². The third-order valence-corrected chi connectivity index (χ3v) is 3.66. The van der Waals surface area contributed by atoms with Gasteiger partial charge in [0.15, 0.2) is 6.23 Å². The van der Waals surface area contributed by atoms with Crippen LogP contribution in [0.4, 0.5) is 4.79 Å². The zero-order chi connectivity index (χ0) is 13.2. The molecule has 3 atom stereocenters. The second kappa shape index (κ2) is 5.05. The molecule has 2 aliphatic rings. The van der Waals surface area contributed by atoms with E-state index in [9.17, 15) is 4.79 Å². The molecule has 2 heterocycles. The number of allylic oxidation sites excluding steroid dienone is 1. The first-order chi connectivity index (χ1) is 9.31. The largest absolute Gasteiger partial charge is 0.441 e. The maximum atomic E-state index is 12.0. The van der Waals surface area contributed by atoms with Crippen molar-refractivity contribution < 1.29 is 14.3 Å². The lowest BCUT2D eigenvalue weighted by atomic mass is 10.1. The van der Waals surface area contributed by atoms with Crippen LogP contribution >= 0.6 is 0 Å². The van der Waals surface area contributed by atoms with E-state index in [4.69, 9.17) is 9.47 Å². The summed E-state index contributed by atoms with van der Waals surface area (Å²) in [6.07, 6.45) is 2.71. The fourth-order valence-corrected chi connectivity index (χ4v) is 2.71. The van der Waals surface area contributed by atoms with E-state index in [0.29, 0.717) is 6.61 Å². The molecule has 4 heteroatoms. The summed E-state index contributed by atoms with van der Waals surface area (Å²) in [6.45, 7) is 4.23. The van der Waals surface area contributed by atoms with Crippen molar-refractivity contribution in [3.63, 3.8) is 0 Å². The molecule has 100 valence electrons. The molecule has 1 amide bonds. The maximum absolute atomic E-state index is 12.0. The van der Waals surface area contributed by atoms with Gasteiger partial charge in [-0.3, -0.25) is 4.90 Å². The molecule has 0 aromatic heterocycles. The van der Waals surface area contributed by atoms with E-state index in [0.717, 1.165) is 18.4 Å². The number of carbonyl (C=O) groups excluding carboxylic acids is 1. The number of hydrogen-bond acceptors (Lipinski definition) is 3. The lowest BCUT2D eigenvalue weighted by molar-refractivity contribution is 0.00666. The lowest BCUT2D eigenvalue weighted by Crippen LogP contribution is -2.33. The third-order valence-electron chi connectivity index (χ3n) is 3.66. The molecular weight excluding hydrogens is 242 g/mol. The molecule has 0 aliphatic carbocycles. The summed E-state index contributed by atoms with van der Waals surface area (Å²) in [6, 6.07) is 9.90. The number of fused-ring (bicyclic) bond motifs is 1. The number of ether oxygens (including phenoxy) is 2. The molecule has 19 heavy (non-hydrogen) atoms. The number of rotatable bonds is 4. The normalized spacial score (nSPS) is 29.2. The van der Waals surface area contributed by atoms with Gasteiger partial charge in [0.25, 0.3) is 0 Å². The van der Waals surface area contributed by atoms with E-state index in [1.54, 1.807) is 4.90 Å². The Kier molecular flexibility index (Phi) is 3.25. The number of carbonyl (C=O) groups is 1. The van der Waals surface area contributed by atoms with Crippen LogP contribution in [-0.2, 0) is 9.47 Å². The molecule has 0 spiro atoms. The van der Waals surface area contributed by atoms with Gasteiger partial charge in [0.05, 0.1) is 12.6 Å². The van der Waals surface area contributed by atoms with Crippen LogP contribution in [0.15, 0.2) is 43.0 Å². The molecule has 1 aromatic rings. The average molecular weight is 259 g/mol. The first-order valence-corrected chi connectivity index (χ1v) is 6.57. The van der Waals surface area contributed by atoms with Gasteiger partial charge in [-0.05, 0) is 18.4 Å². The zero-order valence-electron chi connectivity index (χ0n) is 10.7. The van der Waals surface area contributed by atoms with Gasteiger partial charge in [-0.25, -0.2) is 4.79 Å². The number of hydrogen-bond donors (Lipinski definition) is 0. The monoisotopic (exact) mass is 259 g/mol. The summed E-state index contributed by atoms with van der Waals surface area (Å²) in [5.74, 6) is 0. The van der Waals surface area contributed by atoms with Crippen molar-refractivity contribution in [2.24, 2.45) is 0 Å². The summed E-state index contributed by atoms with van der Waals surface area (Å²) in [4.78, 5) is 13.7. The molecule has 0 N–H and O–H groups in total. The van der Waals surface area contributed by atoms with Crippen LogP contribution in [0.25, 0.3) is 0 Å². The standard InChI is InChI=1S/C15H17NO3/c1-2-3-9-13-14-16(15(17)19-13)12(10-18-14)11-7-5-4-6-8-11/h2,4-8,12-14H,1,3,9-10H2/t12-,13+,14+/m1/s1. The highest BCUT2D eigenvalue weighted by molar-refractivity contribution is 5.71. The average Bonchev–Trinajstić information content (AvgIpc) is 3.00. The Hall–Kier alpha value is -1.81. The van der Waals surface area contributed by atoms with Gasteiger partial charge in [0, 0.05) is 0 Å². The van der Waals surface area contributed by atoms with Crippen molar-refractivity contribution in [1.82, 2.24) is 4.90 Å². The van der Waals surface area contributed by atoms with Crippen molar-refractivity contribution >= 4 is 6.09 Å². The lowest BCUT2D eigenvalue weighted by Gasteiger charge is -2.19. The van der Waals surface area contributed by atoms with Crippen LogP contribution in [0.5, 0.6) is 0 Å². The summed E-state index contributed by atoms with van der Waals surface area (Å²) in [5.41, 5.74) is 1.09. The van der Waals surface area contributed by atoms with Crippen molar-refractivity contribution in [3.8, 4) is 0 Å². The van der Waals surface area contributed by atoms with Crippen LogP contribution < -0.4 is 0 Å². The van der Waals surface area contributed by atoms with E-state index in [1.165, 1.54) is 0 Å². The van der Waals surface area contributed by atoms with Crippen LogP contribution in [0.1, 0.15) is 24.4 Å². The fourth-order valence-electron chi connectivity index (χ4n) is 2.71. The van der Waals surface area contributed by atoms with Gasteiger partial charge in [0.2, 0.25) is 0 Å². The summed E-state index contributed by atoms with van der Waals surface area (Å²) < 4.78 is 11.2. The molecule has 0 bridgehead atoms. The minimum absolute atomic E-state index is 0.0348. The summed E-state index contributed by atoms with van der Waals surface area (Å²) in [7, 11) is 0. The summed E-state index contributed by atoms with van der Waals surface area (Å²) in [5, 5.41) is 0. The SMILES string of the molecule is C=CCC[C@@H]1OC(=O)N2[C@@H](c3ccccc3)CO[C@@H]12. The smallest absolute Gasteiger partial charge is 0.413 e. The van der Waals surface area contributed by atoms with E-state index in [2.05, 4.69) is 6.58 Å². The van der Waals surface area contributed by atoms with Gasteiger partial charge < -0.3 is 9.47 Å². The molecule has 3 rings (SSSR count). The maximum Gasteiger partial charge on any atom is 0.413 e. The van der Waals surface area contributed by atoms with Gasteiger partial charge in [0.1, 0.15) is 6.10 Å². The predicted octanol–water partition coefficient (Wildman–Crippen LogP) is 2.87. The van der Waals surface area contributed by atoms with E-state index < -0.39 is 0 Å². The number of amides is 1. The highest BCUT2D eigenvalue weighted by atomic mass is 16.6. The Morgan fingerprint density at radius 2 is 2.16 bits per heavy atom. The molecule has 2 saturated heterocycles. The Labute approximate surface area is 112 Å². The number of nitrogens with zero attached hydrogens (tertiary/aromatic N) is 1. The van der Waals surface area contributed by atoms with Gasteiger partial charge in [-0.1, -0.05) is 36.4 Å². The number of cyclic esters (lactones) is 1. The Morgan fingerprint density at radius 1 is 1.37 bits per heavy atom. The molecular formula is C15H17NO3. The summed E-state index contributed by atoms with van der Waals surface area (Å²) >= 11 is 0. The fraction of sp³-hybridized carbons (Fsp3) is 0.400. The first-order valence-electron chi connectivity index (χ1n) is 6.57. The van der Waals surface area contributed by atoms with E-state index >= 15 is 0 Å². The third kappa shape index (κ3) is 2.12. The van der Waals surface area contributed by atoms with Gasteiger partial charge in [-0.15, -0.1) is 6.58 Å². The second-order valence-electron chi connectivity index (χ2n) is 4.85. The Balaban J connectivity index is 1.79. The first kappa shape index (κ1) is 12.2. The Morgan fingerprint density at radius 3 is 2.89 bits per heavy atom. The van der Waals surface area contributed by atoms with Gasteiger partial charge >= 0.3 is 6.09 Å². The van der Waals surface area contributed by atoms with Crippen molar-refractivity contribution in [1.29, 1.82) is 0 Å². The van der Waals surface area contributed by atoms with E-state index in [-0.39, 0.29) is 24.5 Å². The van der Waals surface area contributed by atoms with Crippen LogP contribution in [0.3, 0.4) is 0 Å². The number of benzene rings is 1. The Bertz CT molecular complexity index is 474. The minimum atomic E-state index is -0.273. The molecule has 0 unspecified atom stereocenters. The zero-order valence-corrected chi connectivity index (χ0v) is 10.7. The topological polar surface area (TPSA) is 38.8 Å². The van der Waals surface area contributed by atoms with Crippen molar-refractivity contribution in [2.75, 3.05) is 6.61 Å². The highest BCUT2D eigenvalue weighted by Gasteiger charge is 2.50. The van der Waals surface area contributed by atoms with Crippen LogP contribution in [0.2, 0.25) is 0 Å². The van der Waals surface area contributed by atoms with Crippen LogP contribution in [-0.4, -0.2) is 29.9 Å². The second-order valence-corrected chi connectivity index (χ2v) is 4.85. The quantitative estimate of drug-likeness (QED) is 0.780. The molecule has 2 fully saturated rings. The van der Waals surface area contributed by atoms with Crippen molar-refractivity contribution in [2.45, 2.75) is 31.2 Å². The highest BCUT2D eigenvalue weighted by Crippen LogP contribution is 2.38. The molecule has 4 nitrogen and oxygen atoms in total. The minimum Gasteiger partial charge on any atom is -0.441 e. The molecule has 2 aliphatic heterocycles. The predicted molar refractivity (Wildman–Crippen MR) is 70.5 cm³/mol. The van der Waals surface area contributed by atoms with Crippen molar-refractivity contribution in [3.05, 3.63) is 48.6 Å². The van der Waals surface area contributed by atoms with Gasteiger partial charge in [-0.2, -0.15) is 0 Å². The molecule has 1 aromatic carbocycles. The van der Waals surface area contributed by atoms with E-state index in [1.807, 2.05) is 36.4 Å².